The van der Waals surface area contributed by atoms with Crippen LogP contribution in [0.4, 0.5) is 5.82 Å². The number of nitrogens with zero attached hydrogens (tertiary/aromatic N) is 2. The molecule has 1 rings (SSSR count). The van der Waals surface area contributed by atoms with Crippen molar-refractivity contribution in [2.24, 2.45) is 0 Å². The van der Waals surface area contributed by atoms with E-state index in [0.717, 1.165) is 6.54 Å². The largest absolute Gasteiger partial charge is 0.364 e. The Kier molecular flexibility index (Phi) is 4.41. The molecule has 0 unspecified atom stereocenters. The van der Waals surface area contributed by atoms with Crippen LogP contribution in [0, 0.1) is 0 Å². The van der Waals surface area contributed by atoms with Crippen molar-refractivity contribution in [3.8, 4) is 0 Å². The molecule has 0 saturated heterocycles. The molecule has 5 heteroatoms. The zero-order valence-corrected chi connectivity index (χ0v) is 11.1. The second-order valence-corrected chi connectivity index (χ2v) is 5.70. The maximum atomic E-state index is 11.8. The van der Waals surface area contributed by atoms with E-state index in [9.17, 15) is 4.79 Å². The van der Waals surface area contributed by atoms with Crippen LogP contribution in [0.15, 0.2) is 17.2 Å². The molecule has 0 bridgehead atoms. The lowest BCUT2D eigenvalue weighted by molar-refractivity contribution is 0.709. The van der Waals surface area contributed by atoms with E-state index in [1.807, 2.05) is 6.92 Å². The van der Waals surface area contributed by atoms with Gasteiger partial charge in [-0.25, -0.2) is 4.98 Å². The normalized spacial score (nSPS) is 11.5. The Hall–Kier alpha value is -0.970. The summed E-state index contributed by atoms with van der Waals surface area (Å²) < 4.78 is 1.74. The molecule has 0 spiro atoms. The van der Waals surface area contributed by atoms with Gasteiger partial charge in [-0.3, -0.25) is 4.79 Å². The molecule has 1 N–H and O–H groups in total. The van der Waals surface area contributed by atoms with Crippen LogP contribution in [0.2, 0.25) is 0 Å². The van der Waals surface area contributed by atoms with Crippen molar-refractivity contribution >= 4 is 17.6 Å². The van der Waals surface area contributed by atoms with Crippen LogP contribution in [0.25, 0.3) is 0 Å². The quantitative estimate of drug-likeness (QED) is 0.854. The number of aromatic nitrogens is 2. The van der Waals surface area contributed by atoms with Gasteiger partial charge in [-0.05, 0) is 27.0 Å². The predicted molar refractivity (Wildman–Crippen MR) is 70.3 cm³/mol. The first-order valence-electron chi connectivity index (χ1n) is 5.34. The number of rotatable bonds is 5. The van der Waals surface area contributed by atoms with Crippen molar-refractivity contribution in [1.82, 2.24) is 9.55 Å². The molecule has 4 nitrogen and oxygen atoms in total. The Bertz CT molecular complexity index is 400. The number of nitrogens with one attached hydrogen (secondary N) is 1. The third-order valence-corrected chi connectivity index (χ3v) is 3.74. The summed E-state index contributed by atoms with van der Waals surface area (Å²) in [5, 5.41) is 3.11. The lowest BCUT2D eigenvalue weighted by Gasteiger charge is -2.22. The SMILES string of the molecule is CCn1ccnc(NCC(C)(C)SC)c1=O. The van der Waals surface area contributed by atoms with E-state index in [0.29, 0.717) is 12.4 Å². The molecule has 0 amide bonds. The highest BCUT2D eigenvalue weighted by molar-refractivity contribution is 7.99. The highest BCUT2D eigenvalue weighted by Gasteiger charge is 2.16. The first-order valence-corrected chi connectivity index (χ1v) is 6.57. The van der Waals surface area contributed by atoms with Crippen molar-refractivity contribution in [1.29, 1.82) is 0 Å². The van der Waals surface area contributed by atoms with Crippen molar-refractivity contribution < 1.29 is 0 Å². The summed E-state index contributed by atoms with van der Waals surface area (Å²) >= 11 is 1.76. The molecule has 1 heterocycles. The van der Waals surface area contributed by atoms with Gasteiger partial charge in [0.2, 0.25) is 0 Å². The molecular weight excluding hydrogens is 222 g/mol. The van der Waals surface area contributed by atoms with E-state index in [1.165, 1.54) is 0 Å². The van der Waals surface area contributed by atoms with E-state index >= 15 is 0 Å². The van der Waals surface area contributed by atoms with Crippen LogP contribution in [-0.4, -0.2) is 27.1 Å². The summed E-state index contributed by atoms with van der Waals surface area (Å²) in [4.78, 5) is 15.9. The zero-order valence-electron chi connectivity index (χ0n) is 10.3. The molecule has 0 aliphatic heterocycles. The number of anilines is 1. The highest BCUT2D eigenvalue weighted by Crippen LogP contribution is 2.20. The minimum Gasteiger partial charge on any atom is -0.364 e. The van der Waals surface area contributed by atoms with Crippen LogP contribution in [0.3, 0.4) is 0 Å². The van der Waals surface area contributed by atoms with Crippen LogP contribution < -0.4 is 10.9 Å². The summed E-state index contributed by atoms with van der Waals surface area (Å²) in [5.74, 6) is 0.437. The Morgan fingerprint density at radius 1 is 1.56 bits per heavy atom. The average molecular weight is 241 g/mol. The van der Waals surface area contributed by atoms with Gasteiger partial charge in [0.25, 0.3) is 5.56 Å². The first-order chi connectivity index (χ1) is 7.50. The number of hydrogen-bond donors (Lipinski definition) is 1. The fraction of sp³-hybridized carbons (Fsp3) is 0.636. The topological polar surface area (TPSA) is 46.9 Å². The van der Waals surface area contributed by atoms with Gasteiger partial charge in [-0.1, -0.05) is 0 Å². The summed E-state index contributed by atoms with van der Waals surface area (Å²) in [6.45, 7) is 7.60. The van der Waals surface area contributed by atoms with Crippen LogP contribution in [0.1, 0.15) is 20.8 Å². The van der Waals surface area contributed by atoms with E-state index in [4.69, 9.17) is 0 Å². The molecule has 0 fully saturated rings. The van der Waals surface area contributed by atoms with Gasteiger partial charge in [-0.15, -0.1) is 0 Å². The molecule has 1 aromatic heterocycles. The maximum Gasteiger partial charge on any atom is 0.293 e. The third kappa shape index (κ3) is 3.27. The Balaban J connectivity index is 2.79. The van der Waals surface area contributed by atoms with Crippen LogP contribution in [0.5, 0.6) is 0 Å². The first kappa shape index (κ1) is 13.1. The molecule has 0 aliphatic carbocycles. The molecule has 0 aromatic carbocycles. The Morgan fingerprint density at radius 3 is 2.81 bits per heavy atom. The van der Waals surface area contributed by atoms with E-state index in [-0.39, 0.29) is 10.3 Å². The van der Waals surface area contributed by atoms with Crippen molar-refractivity contribution in [2.45, 2.75) is 32.1 Å². The fourth-order valence-electron chi connectivity index (χ4n) is 1.19. The third-order valence-electron chi connectivity index (χ3n) is 2.49. The minimum absolute atomic E-state index is 0.0538. The van der Waals surface area contributed by atoms with Gasteiger partial charge in [0.15, 0.2) is 5.82 Å². The molecule has 16 heavy (non-hydrogen) atoms. The smallest absolute Gasteiger partial charge is 0.293 e. The molecule has 0 aliphatic rings. The molecule has 0 saturated carbocycles. The van der Waals surface area contributed by atoms with Crippen molar-refractivity contribution in [3.05, 3.63) is 22.7 Å². The summed E-state index contributed by atoms with van der Waals surface area (Å²) in [7, 11) is 0. The number of thioether (sulfide) groups is 1. The Morgan fingerprint density at radius 2 is 2.25 bits per heavy atom. The molecular formula is C11H19N3OS. The fourth-order valence-corrected chi connectivity index (χ4v) is 1.40. The summed E-state index contributed by atoms with van der Waals surface area (Å²) in [6.07, 6.45) is 5.41. The second-order valence-electron chi connectivity index (χ2n) is 4.18. The minimum atomic E-state index is -0.0538. The van der Waals surface area contributed by atoms with Crippen molar-refractivity contribution in [3.63, 3.8) is 0 Å². The second kappa shape index (κ2) is 5.39. The van der Waals surface area contributed by atoms with Gasteiger partial charge in [0, 0.05) is 30.2 Å². The lowest BCUT2D eigenvalue weighted by atomic mass is 10.2. The summed E-state index contributed by atoms with van der Waals surface area (Å²) in [6, 6.07) is 0. The average Bonchev–Trinajstić information content (AvgIpc) is 2.28. The van der Waals surface area contributed by atoms with E-state index < -0.39 is 0 Å². The van der Waals surface area contributed by atoms with Gasteiger partial charge in [0.1, 0.15) is 0 Å². The lowest BCUT2D eigenvalue weighted by Crippen LogP contribution is -2.30. The monoisotopic (exact) mass is 241 g/mol. The molecule has 0 radical (unpaired) electrons. The number of hydrogen-bond acceptors (Lipinski definition) is 4. The molecule has 1 aromatic rings. The summed E-state index contributed by atoms with van der Waals surface area (Å²) in [5.41, 5.74) is -0.0538. The zero-order chi connectivity index (χ0) is 12.2. The van der Waals surface area contributed by atoms with E-state index in [1.54, 1.807) is 28.7 Å². The van der Waals surface area contributed by atoms with Gasteiger partial charge < -0.3 is 9.88 Å². The van der Waals surface area contributed by atoms with Crippen LogP contribution >= 0.6 is 11.8 Å². The van der Waals surface area contributed by atoms with Gasteiger partial charge in [0.05, 0.1) is 0 Å². The standard InChI is InChI=1S/C11H19N3OS/c1-5-14-7-6-12-9(10(14)15)13-8-11(2,3)16-4/h6-7H,5,8H2,1-4H3,(H,12,13). The van der Waals surface area contributed by atoms with Gasteiger partial charge >= 0.3 is 0 Å². The molecule has 90 valence electrons. The number of aryl methyl sites for hydroxylation is 1. The highest BCUT2D eigenvalue weighted by atomic mass is 32.2. The van der Waals surface area contributed by atoms with Crippen molar-refractivity contribution in [2.75, 3.05) is 18.1 Å². The van der Waals surface area contributed by atoms with E-state index in [2.05, 4.69) is 30.4 Å². The van der Waals surface area contributed by atoms with Gasteiger partial charge in [-0.2, -0.15) is 11.8 Å². The Labute approximate surface area is 100 Å². The molecule has 0 atom stereocenters. The van der Waals surface area contributed by atoms with Crippen LogP contribution in [-0.2, 0) is 6.54 Å². The predicted octanol–water partition coefficient (Wildman–Crippen LogP) is 1.82. The maximum absolute atomic E-state index is 11.8.